The fourth-order valence-corrected chi connectivity index (χ4v) is 8.03. The van der Waals surface area contributed by atoms with Gasteiger partial charge in [-0.25, -0.2) is 4.39 Å². The standard InChI is InChI=1S/C23H33FO7S/c1-13-9-17-15-6-8-22(28,19(27)12-31-32(4,29)30)21(15,3)11-18(26)23(17,24)20(2)7-5-14(25)10-16(13)20/h10,13,15,17-18,26,28H,5-9,11-12H2,1-4H3/t13-,15-,17-,18-,20-,21-,22-,23-/m0/s1. The van der Waals surface area contributed by atoms with E-state index in [4.69, 9.17) is 0 Å². The first-order chi connectivity index (χ1) is 14.6. The predicted molar refractivity (Wildman–Crippen MR) is 114 cm³/mol. The van der Waals surface area contributed by atoms with Crippen molar-refractivity contribution in [1.82, 2.24) is 0 Å². The second-order valence-electron chi connectivity index (χ2n) is 10.9. The highest BCUT2D eigenvalue weighted by atomic mass is 32.2. The number of ketones is 2. The van der Waals surface area contributed by atoms with Crippen molar-refractivity contribution in [3.63, 3.8) is 0 Å². The number of aliphatic hydroxyl groups is 2. The Hall–Kier alpha value is -1.16. The van der Waals surface area contributed by atoms with E-state index in [0.717, 1.165) is 11.8 Å². The van der Waals surface area contributed by atoms with Crippen molar-refractivity contribution >= 4 is 21.7 Å². The monoisotopic (exact) mass is 472 g/mol. The van der Waals surface area contributed by atoms with E-state index in [-0.39, 0.29) is 36.9 Å². The summed E-state index contributed by atoms with van der Waals surface area (Å²) in [5.41, 5.74) is -5.25. The minimum atomic E-state index is -3.87. The second-order valence-corrected chi connectivity index (χ2v) is 12.6. The average Bonchev–Trinajstić information content (AvgIpc) is 2.95. The highest BCUT2D eigenvalue weighted by Gasteiger charge is 2.75. The molecule has 32 heavy (non-hydrogen) atoms. The van der Waals surface area contributed by atoms with Gasteiger partial charge in [0.05, 0.1) is 12.4 Å². The predicted octanol–water partition coefficient (Wildman–Crippen LogP) is 2.10. The molecule has 0 aromatic carbocycles. The van der Waals surface area contributed by atoms with E-state index in [1.165, 1.54) is 0 Å². The molecule has 0 spiro atoms. The van der Waals surface area contributed by atoms with Crippen molar-refractivity contribution in [2.24, 2.45) is 28.6 Å². The van der Waals surface area contributed by atoms with Crippen LogP contribution in [0.25, 0.3) is 0 Å². The van der Waals surface area contributed by atoms with E-state index in [1.54, 1.807) is 19.9 Å². The van der Waals surface area contributed by atoms with Crippen LogP contribution in [0.1, 0.15) is 59.3 Å². The molecule has 0 amide bonds. The first-order valence-electron chi connectivity index (χ1n) is 11.3. The van der Waals surface area contributed by atoms with Crippen LogP contribution in [0, 0.1) is 28.6 Å². The molecule has 2 N–H and O–H groups in total. The largest absolute Gasteiger partial charge is 0.390 e. The summed E-state index contributed by atoms with van der Waals surface area (Å²) in [7, 11) is -3.87. The van der Waals surface area contributed by atoms with Crippen LogP contribution in [-0.4, -0.2) is 60.4 Å². The maximum atomic E-state index is 17.1. The Morgan fingerprint density at radius 2 is 1.94 bits per heavy atom. The number of rotatable bonds is 4. The number of allylic oxidation sites excluding steroid dienone is 1. The lowest BCUT2D eigenvalue weighted by Gasteiger charge is -2.64. The van der Waals surface area contributed by atoms with Crippen LogP contribution >= 0.6 is 0 Å². The molecule has 3 fully saturated rings. The van der Waals surface area contributed by atoms with Gasteiger partial charge in [-0.05, 0) is 50.0 Å². The SMILES string of the molecule is C[C@H]1C[C@H]2[C@@H]3CC[C@](O)(C(=O)COS(C)(=O)=O)[C@@]3(C)C[C@H](O)[C@]2(F)[C@@]2(C)CCC(=O)C=C12. The van der Waals surface area contributed by atoms with Crippen molar-refractivity contribution < 1.29 is 36.8 Å². The topological polar surface area (TPSA) is 118 Å². The lowest BCUT2D eigenvalue weighted by Crippen LogP contribution is -2.70. The van der Waals surface area contributed by atoms with Crippen LogP contribution in [0.4, 0.5) is 4.39 Å². The first-order valence-corrected chi connectivity index (χ1v) is 13.1. The van der Waals surface area contributed by atoms with Gasteiger partial charge >= 0.3 is 0 Å². The Bertz CT molecular complexity index is 992. The van der Waals surface area contributed by atoms with Gasteiger partial charge < -0.3 is 10.2 Å². The van der Waals surface area contributed by atoms with Gasteiger partial charge in [-0.15, -0.1) is 0 Å². The molecule has 0 saturated heterocycles. The third-order valence-electron chi connectivity index (χ3n) is 9.38. The fourth-order valence-electron chi connectivity index (χ4n) is 7.71. The van der Waals surface area contributed by atoms with E-state index in [2.05, 4.69) is 4.18 Å². The molecular formula is C23H33FO7S. The van der Waals surface area contributed by atoms with Crippen molar-refractivity contribution in [3.05, 3.63) is 11.6 Å². The van der Waals surface area contributed by atoms with Crippen molar-refractivity contribution in [2.45, 2.75) is 76.7 Å². The van der Waals surface area contributed by atoms with Crippen molar-refractivity contribution in [1.29, 1.82) is 0 Å². The Labute approximate surface area is 188 Å². The number of hydrogen-bond acceptors (Lipinski definition) is 7. The van der Waals surface area contributed by atoms with E-state index in [1.807, 2.05) is 6.92 Å². The third-order valence-corrected chi connectivity index (χ3v) is 9.93. The zero-order chi connectivity index (χ0) is 23.9. The summed E-state index contributed by atoms with van der Waals surface area (Å²) in [6.07, 6.45) is 2.23. The van der Waals surface area contributed by atoms with Crippen LogP contribution in [0.15, 0.2) is 11.6 Å². The molecule has 7 nitrogen and oxygen atoms in total. The molecular weight excluding hydrogens is 439 g/mol. The maximum absolute atomic E-state index is 17.1. The number of Topliss-reactive ketones (excluding diaryl/α,β-unsaturated/α-hetero) is 1. The number of halogens is 1. The normalized spacial score (nSPS) is 48.5. The van der Waals surface area contributed by atoms with Gasteiger partial charge in [0.1, 0.15) is 17.9 Å². The number of carbonyl (C=O) groups is 2. The molecule has 4 aliphatic rings. The number of aliphatic hydroxyl groups excluding tert-OH is 1. The molecule has 4 rings (SSSR count). The summed E-state index contributed by atoms with van der Waals surface area (Å²) < 4.78 is 44.5. The lowest BCUT2D eigenvalue weighted by molar-refractivity contribution is -0.230. The van der Waals surface area contributed by atoms with Gasteiger partial charge in [-0.1, -0.05) is 26.3 Å². The third kappa shape index (κ3) is 3.03. The highest BCUT2D eigenvalue weighted by Crippen LogP contribution is 2.71. The Morgan fingerprint density at radius 1 is 1.28 bits per heavy atom. The summed E-state index contributed by atoms with van der Waals surface area (Å²) in [5.74, 6) is -1.81. The van der Waals surface area contributed by atoms with Crippen LogP contribution in [0.3, 0.4) is 0 Å². The summed E-state index contributed by atoms with van der Waals surface area (Å²) >= 11 is 0. The molecule has 3 saturated carbocycles. The highest BCUT2D eigenvalue weighted by molar-refractivity contribution is 7.86. The Kier molecular flexibility index (Phi) is 5.37. The number of fused-ring (bicyclic) bond motifs is 5. The van der Waals surface area contributed by atoms with Crippen LogP contribution < -0.4 is 0 Å². The molecule has 0 aromatic rings. The van der Waals surface area contributed by atoms with E-state index in [9.17, 15) is 28.2 Å². The van der Waals surface area contributed by atoms with E-state index in [0.29, 0.717) is 19.3 Å². The van der Waals surface area contributed by atoms with Gasteiger partial charge in [-0.2, -0.15) is 8.42 Å². The molecule has 9 heteroatoms. The van der Waals surface area contributed by atoms with E-state index >= 15 is 4.39 Å². The minimum absolute atomic E-state index is 0.0202. The van der Waals surface area contributed by atoms with Gasteiger partial charge in [0.15, 0.2) is 11.6 Å². The molecule has 0 bridgehead atoms. The summed E-state index contributed by atoms with van der Waals surface area (Å²) in [5, 5.41) is 22.8. The quantitative estimate of drug-likeness (QED) is 0.602. The van der Waals surface area contributed by atoms with Gasteiger partial charge in [0.25, 0.3) is 10.1 Å². The number of alkyl halides is 1. The van der Waals surface area contributed by atoms with Gasteiger partial charge in [0.2, 0.25) is 0 Å². The second kappa shape index (κ2) is 7.17. The maximum Gasteiger partial charge on any atom is 0.264 e. The smallest absolute Gasteiger partial charge is 0.264 e. The lowest BCUT2D eigenvalue weighted by atomic mass is 9.42. The minimum Gasteiger partial charge on any atom is -0.390 e. The Balaban J connectivity index is 1.73. The average molecular weight is 473 g/mol. The first kappa shape index (κ1) is 24.0. The van der Waals surface area contributed by atoms with Gasteiger partial charge in [0, 0.05) is 23.2 Å². The zero-order valence-electron chi connectivity index (χ0n) is 19.1. The molecule has 8 atom stereocenters. The molecule has 0 aromatic heterocycles. The fraction of sp³-hybridized carbons (Fsp3) is 0.826. The Morgan fingerprint density at radius 3 is 2.56 bits per heavy atom. The molecule has 0 unspecified atom stereocenters. The molecule has 180 valence electrons. The van der Waals surface area contributed by atoms with Crippen molar-refractivity contribution in [2.75, 3.05) is 12.9 Å². The van der Waals surface area contributed by atoms with E-state index < -0.39 is 56.6 Å². The summed E-state index contributed by atoms with van der Waals surface area (Å²) in [6, 6.07) is 0. The number of hydrogen-bond donors (Lipinski definition) is 2. The van der Waals surface area contributed by atoms with Crippen LogP contribution in [0.5, 0.6) is 0 Å². The zero-order valence-corrected chi connectivity index (χ0v) is 19.9. The molecule has 0 aliphatic heterocycles. The van der Waals surface area contributed by atoms with Crippen molar-refractivity contribution in [3.8, 4) is 0 Å². The molecule has 0 radical (unpaired) electrons. The summed E-state index contributed by atoms with van der Waals surface area (Å²) in [6.45, 7) is 4.68. The van der Waals surface area contributed by atoms with Gasteiger partial charge in [-0.3, -0.25) is 13.8 Å². The number of carbonyl (C=O) groups excluding carboxylic acids is 2. The molecule has 4 aliphatic carbocycles. The summed E-state index contributed by atoms with van der Waals surface area (Å²) in [4.78, 5) is 25.0. The molecule has 0 heterocycles. The van der Waals surface area contributed by atoms with Crippen LogP contribution in [0.2, 0.25) is 0 Å². The van der Waals surface area contributed by atoms with Crippen LogP contribution in [-0.2, 0) is 23.9 Å².